The third-order valence-electron chi connectivity index (χ3n) is 4.07. The van der Waals surface area contributed by atoms with Gasteiger partial charge in [-0.3, -0.25) is 4.98 Å². The topological polar surface area (TPSA) is 22.1 Å². The predicted molar refractivity (Wildman–Crippen MR) is 88.0 cm³/mol. The molecule has 21 heavy (non-hydrogen) atoms. The van der Waals surface area contributed by atoms with Crippen LogP contribution in [0.3, 0.4) is 0 Å². The van der Waals surface area contributed by atoms with Crippen molar-refractivity contribution in [3.8, 4) is 5.75 Å². The van der Waals surface area contributed by atoms with Gasteiger partial charge in [-0.05, 0) is 41.3 Å². The Balaban J connectivity index is 2.23. The highest BCUT2D eigenvalue weighted by Gasteiger charge is 2.09. The van der Waals surface area contributed by atoms with Crippen molar-refractivity contribution < 1.29 is 4.74 Å². The van der Waals surface area contributed by atoms with Gasteiger partial charge in [0.2, 0.25) is 0 Å². The van der Waals surface area contributed by atoms with E-state index in [0.29, 0.717) is 0 Å². The molecule has 0 unspecified atom stereocenters. The first-order valence-electron chi connectivity index (χ1n) is 7.04. The maximum Gasteiger partial charge on any atom is 0.119 e. The van der Waals surface area contributed by atoms with Crippen LogP contribution in [0.4, 0.5) is 0 Å². The summed E-state index contributed by atoms with van der Waals surface area (Å²) in [6.45, 7) is 2.08. The van der Waals surface area contributed by atoms with Crippen molar-refractivity contribution in [3.63, 3.8) is 0 Å². The summed E-state index contributed by atoms with van der Waals surface area (Å²) in [6, 6.07) is 18.9. The molecule has 0 fully saturated rings. The Morgan fingerprint density at radius 1 is 0.857 bits per heavy atom. The van der Waals surface area contributed by atoms with Crippen molar-refractivity contribution in [2.24, 2.45) is 0 Å². The average Bonchev–Trinajstić information content (AvgIpc) is 2.53. The summed E-state index contributed by atoms with van der Waals surface area (Å²) < 4.78 is 5.32. The number of hydrogen-bond donors (Lipinski definition) is 0. The second-order valence-corrected chi connectivity index (χ2v) is 5.29. The third-order valence-corrected chi connectivity index (χ3v) is 4.07. The van der Waals surface area contributed by atoms with Gasteiger partial charge in [0, 0.05) is 16.5 Å². The van der Waals surface area contributed by atoms with Crippen LogP contribution >= 0.6 is 0 Å². The van der Waals surface area contributed by atoms with Gasteiger partial charge < -0.3 is 4.74 Å². The van der Waals surface area contributed by atoms with Gasteiger partial charge in [-0.1, -0.05) is 36.4 Å². The van der Waals surface area contributed by atoms with Crippen molar-refractivity contribution in [3.05, 3.63) is 60.3 Å². The summed E-state index contributed by atoms with van der Waals surface area (Å²) in [4.78, 5) is 4.77. The van der Waals surface area contributed by atoms with E-state index in [-0.39, 0.29) is 0 Å². The Morgan fingerprint density at radius 2 is 1.67 bits per heavy atom. The van der Waals surface area contributed by atoms with Gasteiger partial charge >= 0.3 is 0 Å². The molecule has 0 bridgehead atoms. The summed E-state index contributed by atoms with van der Waals surface area (Å²) in [5.74, 6) is 0.883. The third kappa shape index (κ3) is 1.76. The van der Waals surface area contributed by atoms with Crippen LogP contribution in [0.2, 0.25) is 0 Å². The quantitative estimate of drug-likeness (QED) is 0.462. The monoisotopic (exact) mass is 273 g/mol. The molecule has 0 amide bonds. The number of pyridine rings is 1. The number of ether oxygens (including phenoxy) is 1. The summed E-state index contributed by atoms with van der Waals surface area (Å²) >= 11 is 0. The van der Waals surface area contributed by atoms with E-state index in [1.54, 1.807) is 7.11 Å². The van der Waals surface area contributed by atoms with Crippen molar-refractivity contribution in [2.45, 2.75) is 6.92 Å². The van der Waals surface area contributed by atoms with Crippen molar-refractivity contribution in [1.82, 2.24) is 4.98 Å². The maximum atomic E-state index is 5.32. The minimum absolute atomic E-state index is 0.883. The molecule has 3 aromatic carbocycles. The molecule has 0 aliphatic heterocycles. The largest absolute Gasteiger partial charge is 0.497 e. The van der Waals surface area contributed by atoms with E-state index in [4.69, 9.17) is 9.72 Å². The number of fused-ring (bicyclic) bond motifs is 5. The molecule has 1 heterocycles. The molecule has 0 radical (unpaired) electrons. The molecule has 4 rings (SSSR count). The van der Waals surface area contributed by atoms with E-state index in [2.05, 4.69) is 49.4 Å². The normalized spacial score (nSPS) is 11.3. The van der Waals surface area contributed by atoms with Gasteiger partial charge in [0.1, 0.15) is 5.75 Å². The summed E-state index contributed by atoms with van der Waals surface area (Å²) in [6.07, 6.45) is 0. The molecule has 1 aromatic heterocycles. The zero-order valence-corrected chi connectivity index (χ0v) is 12.1. The summed E-state index contributed by atoms with van der Waals surface area (Å²) in [5, 5.41) is 6.10. The van der Waals surface area contributed by atoms with E-state index < -0.39 is 0 Å². The Morgan fingerprint density at radius 3 is 2.52 bits per heavy atom. The summed E-state index contributed by atoms with van der Waals surface area (Å²) in [7, 11) is 1.70. The fourth-order valence-electron chi connectivity index (χ4n) is 3.08. The van der Waals surface area contributed by atoms with Crippen LogP contribution in [0, 0.1) is 6.92 Å². The number of methoxy groups -OCH3 is 1. The van der Waals surface area contributed by atoms with Crippen molar-refractivity contribution in [1.29, 1.82) is 0 Å². The molecule has 2 heteroatoms. The zero-order valence-electron chi connectivity index (χ0n) is 12.1. The smallest absolute Gasteiger partial charge is 0.119 e. The number of benzene rings is 3. The zero-order chi connectivity index (χ0) is 14.4. The number of nitrogens with zero attached hydrogens (tertiary/aromatic N) is 1. The lowest BCUT2D eigenvalue weighted by Crippen LogP contribution is -1.90. The van der Waals surface area contributed by atoms with Crippen LogP contribution in [-0.2, 0) is 0 Å². The number of hydrogen-bond acceptors (Lipinski definition) is 2. The Hall–Kier alpha value is -2.61. The van der Waals surface area contributed by atoms with Crippen LogP contribution in [0.5, 0.6) is 5.75 Å². The highest BCUT2D eigenvalue weighted by atomic mass is 16.5. The molecule has 0 N–H and O–H groups in total. The molecular weight excluding hydrogens is 258 g/mol. The minimum atomic E-state index is 0.883. The van der Waals surface area contributed by atoms with Gasteiger partial charge in [-0.2, -0.15) is 0 Å². The molecule has 2 nitrogen and oxygen atoms in total. The predicted octanol–water partition coefficient (Wildman–Crippen LogP) is 4.86. The van der Waals surface area contributed by atoms with Gasteiger partial charge in [-0.25, -0.2) is 0 Å². The van der Waals surface area contributed by atoms with Crippen LogP contribution in [0.15, 0.2) is 54.6 Å². The SMILES string of the molecule is COc1ccc2c(ccc3c4ccccc4nc(C)c23)c1. The van der Waals surface area contributed by atoms with Crippen molar-refractivity contribution >= 4 is 32.4 Å². The Kier molecular flexibility index (Phi) is 2.58. The van der Waals surface area contributed by atoms with Crippen LogP contribution in [0.25, 0.3) is 32.4 Å². The van der Waals surface area contributed by atoms with Crippen LogP contribution < -0.4 is 4.74 Å². The molecule has 0 spiro atoms. The molecule has 102 valence electrons. The Labute approximate surface area is 123 Å². The van der Waals surface area contributed by atoms with Crippen LogP contribution in [-0.4, -0.2) is 12.1 Å². The minimum Gasteiger partial charge on any atom is -0.497 e. The first-order valence-corrected chi connectivity index (χ1v) is 7.04. The maximum absolute atomic E-state index is 5.32. The lowest BCUT2D eigenvalue weighted by Gasteiger charge is -2.10. The van der Waals surface area contributed by atoms with E-state index >= 15 is 0 Å². The molecule has 0 aliphatic carbocycles. The Bertz CT molecular complexity index is 989. The van der Waals surface area contributed by atoms with Gasteiger partial charge in [0.15, 0.2) is 0 Å². The number of rotatable bonds is 1. The average molecular weight is 273 g/mol. The second kappa shape index (κ2) is 4.45. The lowest BCUT2D eigenvalue weighted by molar-refractivity contribution is 0.415. The van der Waals surface area contributed by atoms with E-state index in [9.17, 15) is 0 Å². The number of para-hydroxylation sites is 1. The standard InChI is InChI=1S/C19H15NO/c1-12-19-15-10-8-14(21-2)11-13(15)7-9-17(19)16-5-3-4-6-18(16)20-12/h3-11H,1-2H3. The first-order chi connectivity index (χ1) is 10.3. The molecule has 0 saturated heterocycles. The second-order valence-electron chi connectivity index (χ2n) is 5.29. The van der Waals surface area contributed by atoms with Gasteiger partial charge in [-0.15, -0.1) is 0 Å². The molecule has 0 aliphatic rings. The van der Waals surface area contributed by atoms with Crippen molar-refractivity contribution in [2.75, 3.05) is 7.11 Å². The molecule has 0 atom stereocenters. The highest BCUT2D eigenvalue weighted by molar-refractivity contribution is 6.17. The highest BCUT2D eigenvalue weighted by Crippen LogP contribution is 2.33. The fourth-order valence-corrected chi connectivity index (χ4v) is 3.08. The van der Waals surface area contributed by atoms with Gasteiger partial charge in [0.05, 0.1) is 12.6 Å². The number of aromatic nitrogens is 1. The molecule has 4 aromatic rings. The number of aryl methyl sites for hydroxylation is 1. The van der Waals surface area contributed by atoms with Crippen LogP contribution in [0.1, 0.15) is 5.69 Å². The van der Waals surface area contributed by atoms with E-state index in [0.717, 1.165) is 17.0 Å². The van der Waals surface area contributed by atoms with Gasteiger partial charge in [0.25, 0.3) is 0 Å². The molecular formula is C19H15NO. The van der Waals surface area contributed by atoms with E-state index in [1.165, 1.54) is 26.9 Å². The fraction of sp³-hybridized carbons (Fsp3) is 0.105. The lowest BCUT2D eigenvalue weighted by atomic mass is 9.98. The first kappa shape index (κ1) is 12.2. The summed E-state index contributed by atoms with van der Waals surface area (Å²) in [5.41, 5.74) is 2.12. The molecule has 0 saturated carbocycles. The van der Waals surface area contributed by atoms with E-state index in [1.807, 2.05) is 12.1 Å².